The van der Waals surface area contributed by atoms with Gasteiger partial charge in [0.1, 0.15) is 5.75 Å². The van der Waals surface area contributed by atoms with Crippen LogP contribution < -0.4 is 10.6 Å². The zero-order valence-corrected chi connectivity index (χ0v) is 16.3. The van der Waals surface area contributed by atoms with Gasteiger partial charge >= 0.3 is 5.97 Å². The number of hydrogen-bond donors (Lipinski definition) is 2. The Morgan fingerprint density at radius 3 is 2.46 bits per heavy atom. The van der Waals surface area contributed by atoms with Crippen LogP contribution in [0, 0.1) is 5.92 Å². The summed E-state index contributed by atoms with van der Waals surface area (Å²) in [7, 11) is -2.39. The summed E-state index contributed by atoms with van der Waals surface area (Å²) in [6.07, 6.45) is 1.91. The summed E-state index contributed by atoms with van der Waals surface area (Å²) in [6, 6.07) is 6.95. The van der Waals surface area contributed by atoms with Crippen LogP contribution in [0.25, 0.3) is 0 Å². The summed E-state index contributed by atoms with van der Waals surface area (Å²) in [4.78, 5) is 23.2. The van der Waals surface area contributed by atoms with Crippen molar-refractivity contribution in [2.24, 2.45) is 5.92 Å². The fraction of sp³-hybridized carbons (Fsp3) is 0.529. The minimum Gasteiger partial charge on any atom is -0.468 e. The molecule has 1 aromatic carbocycles. The van der Waals surface area contributed by atoms with Crippen molar-refractivity contribution in [1.29, 1.82) is 0 Å². The largest absolute Gasteiger partial charge is 0.468 e. The standard InChI is InChI=1S/C17H24N2O5S.ClH/c1-24-16(20)12-25(22,23)11-14-6-4-13(5-7-14)9-19-17(21)15-3-2-8-18-10-15;/h4-7,15,18H,2-3,8-12H2,1H3,(H,19,21);1H. The first kappa shape index (κ1) is 22.4. The van der Waals surface area contributed by atoms with Gasteiger partial charge in [-0.25, -0.2) is 8.42 Å². The molecule has 26 heavy (non-hydrogen) atoms. The van der Waals surface area contributed by atoms with E-state index in [1.165, 1.54) is 0 Å². The molecule has 0 bridgehead atoms. The van der Waals surface area contributed by atoms with Gasteiger partial charge in [0.2, 0.25) is 5.91 Å². The van der Waals surface area contributed by atoms with E-state index in [4.69, 9.17) is 0 Å². The van der Waals surface area contributed by atoms with E-state index in [1.54, 1.807) is 24.3 Å². The van der Waals surface area contributed by atoms with Crippen LogP contribution in [0.4, 0.5) is 0 Å². The average Bonchev–Trinajstić information content (AvgIpc) is 2.60. The van der Waals surface area contributed by atoms with E-state index < -0.39 is 21.6 Å². The number of halogens is 1. The lowest BCUT2D eigenvalue weighted by Gasteiger charge is -2.21. The third-order valence-electron chi connectivity index (χ3n) is 4.11. The van der Waals surface area contributed by atoms with Gasteiger partial charge in [0, 0.05) is 13.1 Å². The van der Waals surface area contributed by atoms with Crippen LogP contribution in [-0.2, 0) is 36.5 Å². The molecule has 2 rings (SSSR count). The number of amides is 1. The summed E-state index contributed by atoms with van der Waals surface area (Å²) in [5, 5.41) is 6.12. The maximum atomic E-state index is 12.1. The van der Waals surface area contributed by atoms with Crippen LogP contribution in [0.15, 0.2) is 24.3 Å². The van der Waals surface area contributed by atoms with Crippen molar-refractivity contribution < 1.29 is 22.7 Å². The van der Waals surface area contributed by atoms with Gasteiger partial charge in [0.15, 0.2) is 9.84 Å². The minimum absolute atomic E-state index is 0. The number of carbonyl (C=O) groups excluding carboxylic acids is 2. The second kappa shape index (κ2) is 10.5. The lowest BCUT2D eigenvalue weighted by Crippen LogP contribution is -2.40. The molecule has 1 aromatic rings. The van der Waals surface area contributed by atoms with Crippen LogP contribution in [0.3, 0.4) is 0 Å². The van der Waals surface area contributed by atoms with Crippen molar-refractivity contribution in [2.45, 2.75) is 25.1 Å². The molecular weight excluding hydrogens is 380 g/mol. The quantitative estimate of drug-likeness (QED) is 0.652. The Balaban J connectivity index is 0.00000338. The molecule has 1 aliphatic heterocycles. The molecule has 0 aliphatic carbocycles. The van der Waals surface area contributed by atoms with Gasteiger partial charge in [0.25, 0.3) is 0 Å². The summed E-state index contributed by atoms with van der Waals surface area (Å²) in [6.45, 7) is 2.08. The molecule has 146 valence electrons. The fourth-order valence-electron chi connectivity index (χ4n) is 2.71. The SMILES string of the molecule is COC(=O)CS(=O)(=O)Cc1ccc(CNC(=O)C2CCCNC2)cc1.Cl. The Bertz CT molecular complexity index is 700. The van der Waals surface area contributed by atoms with Crippen LogP contribution in [0.2, 0.25) is 0 Å². The number of rotatable bonds is 7. The van der Waals surface area contributed by atoms with Crippen molar-refractivity contribution in [1.82, 2.24) is 10.6 Å². The van der Waals surface area contributed by atoms with E-state index in [2.05, 4.69) is 15.4 Å². The molecular formula is C17H25ClN2O5S. The van der Waals surface area contributed by atoms with Gasteiger partial charge in [-0.3, -0.25) is 9.59 Å². The second-order valence-electron chi connectivity index (χ2n) is 6.19. The lowest BCUT2D eigenvalue weighted by molar-refractivity contribution is -0.137. The summed E-state index contributed by atoms with van der Waals surface area (Å²) in [5.41, 5.74) is 1.49. The van der Waals surface area contributed by atoms with Gasteiger partial charge in [-0.2, -0.15) is 0 Å². The molecule has 0 saturated carbocycles. The first-order valence-corrected chi connectivity index (χ1v) is 10.1. The Kier molecular flexibility index (Phi) is 9.04. The molecule has 1 fully saturated rings. The lowest BCUT2D eigenvalue weighted by atomic mass is 9.99. The molecule has 1 heterocycles. The van der Waals surface area contributed by atoms with Crippen LogP contribution >= 0.6 is 12.4 Å². The molecule has 2 N–H and O–H groups in total. The van der Waals surface area contributed by atoms with Crippen molar-refractivity contribution in [2.75, 3.05) is 26.0 Å². The topological polar surface area (TPSA) is 102 Å². The number of ether oxygens (including phenoxy) is 1. The van der Waals surface area contributed by atoms with Crippen molar-refractivity contribution in [3.63, 3.8) is 0 Å². The first-order valence-electron chi connectivity index (χ1n) is 8.23. The van der Waals surface area contributed by atoms with Crippen molar-refractivity contribution >= 4 is 34.1 Å². The molecule has 7 nitrogen and oxygen atoms in total. The zero-order chi connectivity index (χ0) is 18.3. The van der Waals surface area contributed by atoms with Gasteiger partial charge in [0.05, 0.1) is 18.8 Å². The predicted octanol–water partition coefficient (Wildman–Crippen LogP) is 0.812. The number of esters is 1. The van der Waals surface area contributed by atoms with E-state index in [0.717, 1.165) is 32.1 Å². The molecule has 1 aliphatic rings. The van der Waals surface area contributed by atoms with E-state index in [0.29, 0.717) is 18.7 Å². The van der Waals surface area contributed by atoms with E-state index in [1.807, 2.05) is 0 Å². The highest BCUT2D eigenvalue weighted by molar-refractivity contribution is 7.91. The number of piperidine rings is 1. The Hall–Kier alpha value is -1.64. The molecule has 1 atom stereocenters. The third-order valence-corrected chi connectivity index (χ3v) is 5.56. The van der Waals surface area contributed by atoms with Gasteiger partial charge in [-0.15, -0.1) is 12.4 Å². The Morgan fingerprint density at radius 1 is 1.23 bits per heavy atom. The summed E-state index contributed by atoms with van der Waals surface area (Å²) < 4.78 is 28.1. The number of methoxy groups -OCH3 is 1. The molecule has 0 spiro atoms. The number of benzene rings is 1. The highest BCUT2D eigenvalue weighted by Crippen LogP contribution is 2.12. The highest BCUT2D eigenvalue weighted by atomic mass is 35.5. The minimum atomic E-state index is -3.55. The zero-order valence-electron chi connectivity index (χ0n) is 14.7. The number of nitrogens with one attached hydrogen (secondary N) is 2. The smallest absolute Gasteiger partial charge is 0.320 e. The van der Waals surface area contributed by atoms with E-state index >= 15 is 0 Å². The summed E-state index contributed by atoms with van der Waals surface area (Å²) >= 11 is 0. The van der Waals surface area contributed by atoms with Gasteiger partial charge in [-0.1, -0.05) is 24.3 Å². The number of hydrogen-bond acceptors (Lipinski definition) is 6. The van der Waals surface area contributed by atoms with Crippen LogP contribution in [0.1, 0.15) is 24.0 Å². The maximum absolute atomic E-state index is 12.1. The molecule has 1 saturated heterocycles. The molecule has 9 heteroatoms. The predicted molar refractivity (Wildman–Crippen MR) is 101 cm³/mol. The highest BCUT2D eigenvalue weighted by Gasteiger charge is 2.20. The van der Waals surface area contributed by atoms with Crippen molar-refractivity contribution in [3.8, 4) is 0 Å². The van der Waals surface area contributed by atoms with E-state index in [-0.39, 0.29) is 30.0 Å². The Labute approximate surface area is 160 Å². The molecule has 1 amide bonds. The number of carbonyl (C=O) groups is 2. The first-order chi connectivity index (χ1) is 11.9. The number of sulfone groups is 1. The average molecular weight is 405 g/mol. The van der Waals surface area contributed by atoms with Crippen molar-refractivity contribution in [3.05, 3.63) is 35.4 Å². The molecule has 1 unspecified atom stereocenters. The monoisotopic (exact) mass is 404 g/mol. The summed E-state index contributed by atoms with van der Waals surface area (Å²) in [5.74, 6) is -1.57. The third kappa shape index (κ3) is 7.31. The van der Waals surface area contributed by atoms with E-state index in [9.17, 15) is 18.0 Å². The normalized spacial score (nSPS) is 17.0. The molecule has 0 radical (unpaired) electrons. The molecule has 0 aromatic heterocycles. The second-order valence-corrected chi connectivity index (χ2v) is 8.25. The fourth-order valence-corrected chi connectivity index (χ4v) is 3.99. The van der Waals surface area contributed by atoms with Gasteiger partial charge in [-0.05, 0) is 30.5 Å². The maximum Gasteiger partial charge on any atom is 0.320 e. The van der Waals surface area contributed by atoms with Crippen LogP contribution in [0.5, 0.6) is 0 Å². The Morgan fingerprint density at radius 2 is 1.88 bits per heavy atom. The van der Waals surface area contributed by atoms with Crippen LogP contribution in [-0.4, -0.2) is 46.2 Å². The van der Waals surface area contributed by atoms with Gasteiger partial charge < -0.3 is 15.4 Å².